The topological polar surface area (TPSA) is 77.0 Å². The minimum Gasteiger partial charge on any atom is -0.317 e. The van der Waals surface area contributed by atoms with Crippen molar-refractivity contribution in [3.8, 4) is 0 Å². The van der Waals surface area contributed by atoms with Crippen LogP contribution in [-0.4, -0.2) is 48.5 Å². The molecule has 11 heteroatoms. The summed E-state index contributed by atoms with van der Waals surface area (Å²) in [4.78, 5) is 13.1. The van der Waals surface area contributed by atoms with Gasteiger partial charge in [-0.15, -0.1) is 22.0 Å². The van der Waals surface area contributed by atoms with Crippen LogP contribution in [0.5, 0.6) is 0 Å². The van der Waals surface area contributed by atoms with Crippen molar-refractivity contribution < 1.29 is 18.0 Å². The average Bonchev–Trinajstić information content (AvgIpc) is 2.85. The lowest BCUT2D eigenvalue weighted by Crippen LogP contribution is -2.66. The summed E-state index contributed by atoms with van der Waals surface area (Å²) in [5.74, 6) is -0.00881. The number of hydrogen-bond acceptors (Lipinski definition) is 6. The molecule has 0 aliphatic carbocycles. The van der Waals surface area contributed by atoms with Crippen LogP contribution in [0.3, 0.4) is 0 Å². The normalized spacial score (nSPS) is 24.9. The number of carbonyl (C=O) groups excluding carboxylic acids is 1. The Bertz CT molecular complexity index is 644. The van der Waals surface area contributed by atoms with Gasteiger partial charge < -0.3 is 15.2 Å². The highest BCUT2D eigenvalue weighted by Gasteiger charge is 2.46. The maximum atomic E-state index is 12.6. The van der Waals surface area contributed by atoms with Gasteiger partial charge in [0.15, 0.2) is 5.16 Å². The molecule has 2 aliphatic rings. The van der Waals surface area contributed by atoms with Gasteiger partial charge in [0, 0.05) is 24.8 Å². The van der Waals surface area contributed by atoms with Crippen molar-refractivity contribution in [1.29, 1.82) is 0 Å². The van der Waals surface area contributed by atoms with Gasteiger partial charge in [0.05, 0.1) is 0 Å². The van der Waals surface area contributed by atoms with E-state index >= 15 is 0 Å². The zero-order valence-corrected chi connectivity index (χ0v) is 13.0. The maximum absolute atomic E-state index is 12.6. The Hall–Kier alpha value is -1.20. The molecule has 1 aromatic heterocycles. The Kier molecular flexibility index (Phi) is 3.89. The van der Waals surface area contributed by atoms with Crippen LogP contribution >= 0.6 is 23.5 Å². The van der Waals surface area contributed by atoms with Gasteiger partial charge in [-0.1, -0.05) is 11.8 Å². The molecule has 120 valence electrons. The van der Waals surface area contributed by atoms with E-state index in [0.29, 0.717) is 11.5 Å². The first kappa shape index (κ1) is 15.7. The van der Waals surface area contributed by atoms with E-state index in [9.17, 15) is 18.0 Å². The summed E-state index contributed by atoms with van der Waals surface area (Å²) >= 11 is 2.72. The monoisotopic (exact) mass is 351 g/mol. The quantitative estimate of drug-likeness (QED) is 0.648. The molecule has 1 amide bonds. The summed E-state index contributed by atoms with van der Waals surface area (Å²) in [6.07, 6.45) is -2.78. The van der Waals surface area contributed by atoms with Crippen LogP contribution in [0.4, 0.5) is 13.2 Å². The molecule has 0 saturated carbocycles. The molecule has 22 heavy (non-hydrogen) atoms. The number of halogens is 3. The van der Waals surface area contributed by atoms with Crippen molar-refractivity contribution in [2.45, 2.75) is 22.7 Å². The Morgan fingerprint density at radius 2 is 2.23 bits per heavy atom. The lowest BCUT2D eigenvalue weighted by Gasteiger charge is -2.45. The summed E-state index contributed by atoms with van der Waals surface area (Å²) in [7, 11) is 1.28. The highest BCUT2D eigenvalue weighted by molar-refractivity contribution is 8.01. The molecule has 1 unspecified atom stereocenters. The van der Waals surface area contributed by atoms with E-state index in [2.05, 4.69) is 10.2 Å². The van der Waals surface area contributed by atoms with Crippen molar-refractivity contribution in [2.75, 3.05) is 11.5 Å². The van der Waals surface area contributed by atoms with Crippen LogP contribution in [0, 0.1) is 0 Å². The molecular weight excluding hydrogens is 339 g/mol. The second-order valence-electron chi connectivity index (χ2n) is 4.91. The second kappa shape index (κ2) is 5.46. The minimum absolute atomic E-state index is 0.0205. The predicted molar refractivity (Wildman–Crippen MR) is 75.9 cm³/mol. The third kappa shape index (κ3) is 2.61. The van der Waals surface area contributed by atoms with Gasteiger partial charge in [-0.2, -0.15) is 13.2 Å². The molecule has 6 nitrogen and oxygen atoms in total. The first-order valence-electron chi connectivity index (χ1n) is 6.27. The van der Waals surface area contributed by atoms with E-state index in [-0.39, 0.29) is 16.4 Å². The Morgan fingerprint density at radius 3 is 2.86 bits per heavy atom. The van der Waals surface area contributed by atoms with Crippen LogP contribution in [0.2, 0.25) is 0 Å². The van der Waals surface area contributed by atoms with Crippen LogP contribution in [0.1, 0.15) is 5.82 Å². The van der Waals surface area contributed by atoms with E-state index in [0.717, 1.165) is 21.9 Å². The van der Waals surface area contributed by atoms with Gasteiger partial charge >= 0.3 is 6.18 Å². The van der Waals surface area contributed by atoms with Gasteiger partial charge in [-0.25, -0.2) is 0 Å². The number of β-lactam (4-membered cyclic amide) rings is 1. The minimum atomic E-state index is -4.52. The fourth-order valence-corrected chi connectivity index (χ4v) is 4.39. The molecule has 2 atom stereocenters. The number of fused-ring (bicyclic) bond motifs is 1. The summed E-state index contributed by atoms with van der Waals surface area (Å²) in [6.45, 7) is 0. The van der Waals surface area contributed by atoms with Crippen molar-refractivity contribution in [2.24, 2.45) is 12.8 Å². The Labute approximate surface area is 132 Å². The second-order valence-corrected chi connectivity index (χ2v) is 6.96. The molecule has 3 heterocycles. The number of nitrogens with zero attached hydrogens (tertiary/aromatic N) is 4. The standard InChI is InChI=1S/C11H12F3N5OS2/c1-18-9(11(12,13)14)16-17-10(18)22-4-5-2-19-7(20)6(15)8(19)21-3-5/h2,6,8H,3-4,15H2,1H3/t6?,8-/m1/s1. The van der Waals surface area contributed by atoms with Gasteiger partial charge in [0.25, 0.3) is 0 Å². The average molecular weight is 351 g/mol. The lowest BCUT2D eigenvalue weighted by molar-refractivity contribution is -0.147. The molecular formula is C11H12F3N5OS2. The fourth-order valence-electron chi connectivity index (χ4n) is 2.18. The molecule has 0 radical (unpaired) electrons. The first-order valence-corrected chi connectivity index (χ1v) is 8.31. The van der Waals surface area contributed by atoms with Crippen LogP contribution in [0.15, 0.2) is 16.9 Å². The molecule has 0 bridgehead atoms. The number of hydrogen-bond donors (Lipinski definition) is 1. The smallest absolute Gasteiger partial charge is 0.317 e. The van der Waals surface area contributed by atoms with Crippen molar-refractivity contribution in [3.63, 3.8) is 0 Å². The lowest BCUT2D eigenvalue weighted by atomic mass is 10.1. The van der Waals surface area contributed by atoms with E-state index in [1.807, 2.05) is 0 Å². The van der Waals surface area contributed by atoms with Gasteiger partial charge in [-0.05, 0) is 5.57 Å². The number of carbonyl (C=O) groups is 1. The summed E-state index contributed by atoms with van der Waals surface area (Å²) in [6, 6.07) is -0.455. The molecule has 0 spiro atoms. The molecule has 2 aliphatic heterocycles. The Morgan fingerprint density at radius 1 is 1.50 bits per heavy atom. The maximum Gasteiger partial charge on any atom is 0.451 e. The van der Waals surface area contributed by atoms with E-state index in [1.165, 1.54) is 7.05 Å². The van der Waals surface area contributed by atoms with Gasteiger partial charge in [0.2, 0.25) is 11.7 Å². The highest BCUT2D eigenvalue weighted by atomic mass is 32.2. The van der Waals surface area contributed by atoms with E-state index in [4.69, 9.17) is 5.73 Å². The molecule has 1 aromatic rings. The zero-order chi connectivity index (χ0) is 16.1. The highest BCUT2D eigenvalue weighted by Crippen LogP contribution is 2.36. The Balaban J connectivity index is 1.66. The van der Waals surface area contributed by atoms with Gasteiger partial charge in [0.1, 0.15) is 11.4 Å². The number of nitrogens with two attached hydrogens (primary N) is 1. The molecule has 3 rings (SSSR count). The van der Waals surface area contributed by atoms with Crippen LogP contribution < -0.4 is 5.73 Å². The molecule has 2 N–H and O–H groups in total. The number of amides is 1. The predicted octanol–water partition coefficient (Wildman–Crippen LogP) is 1.05. The number of alkyl halides is 3. The molecule has 0 aromatic carbocycles. The van der Waals surface area contributed by atoms with Crippen molar-refractivity contribution in [3.05, 3.63) is 17.6 Å². The third-order valence-electron chi connectivity index (χ3n) is 3.36. The van der Waals surface area contributed by atoms with E-state index in [1.54, 1.807) is 22.9 Å². The SMILES string of the molecule is Cn1c(SCC2=CN3C(=O)C(N)[C@H]3SC2)nnc1C(F)(F)F. The number of rotatable bonds is 3. The molecule has 1 saturated heterocycles. The van der Waals surface area contributed by atoms with Crippen LogP contribution in [0.25, 0.3) is 0 Å². The number of thioether (sulfide) groups is 2. The van der Waals surface area contributed by atoms with Crippen molar-refractivity contribution in [1.82, 2.24) is 19.7 Å². The third-order valence-corrected chi connectivity index (χ3v) is 5.89. The van der Waals surface area contributed by atoms with Crippen LogP contribution in [-0.2, 0) is 18.0 Å². The fraction of sp³-hybridized carbons (Fsp3) is 0.545. The number of aromatic nitrogens is 3. The summed E-state index contributed by atoms with van der Waals surface area (Å²) in [5.41, 5.74) is 6.62. The zero-order valence-electron chi connectivity index (χ0n) is 11.4. The van der Waals surface area contributed by atoms with Gasteiger partial charge in [-0.3, -0.25) is 4.79 Å². The largest absolute Gasteiger partial charge is 0.451 e. The van der Waals surface area contributed by atoms with E-state index < -0.39 is 18.0 Å². The summed E-state index contributed by atoms with van der Waals surface area (Å²) < 4.78 is 38.8. The summed E-state index contributed by atoms with van der Waals surface area (Å²) in [5, 5.41) is 6.90. The van der Waals surface area contributed by atoms with Crippen molar-refractivity contribution >= 4 is 29.4 Å². The first-order chi connectivity index (χ1) is 10.3. The molecule has 1 fully saturated rings.